The van der Waals surface area contributed by atoms with Crippen LogP contribution in [0.1, 0.15) is 16.1 Å². The summed E-state index contributed by atoms with van der Waals surface area (Å²) in [5.41, 5.74) is 0.587. The quantitative estimate of drug-likeness (QED) is 0.595. The zero-order chi connectivity index (χ0) is 17.3. The van der Waals surface area contributed by atoms with Crippen LogP contribution in [0.15, 0.2) is 77.4 Å². The van der Waals surface area contributed by atoms with Gasteiger partial charge in [-0.3, -0.25) is 4.79 Å². The predicted molar refractivity (Wildman–Crippen MR) is 100 cm³/mol. The summed E-state index contributed by atoms with van der Waals surface area (Å²) in [5.74, 6) is 3.87. The first-order chi connectivity index (χ1) is 12.3. The van der Waals surface area contributed by atoms with Crippen LogP contribution < -0.4 is 10.1 Å². The lowest BCUT2D eigenvalue weighted by molar-refractivity contribution is 0.0956. The molecule has 0 saturated carbocycles. The fourth-order valence-corrected chi connectivity index (χ4v) is 2.99. The molecule has 0 atom stereocenters. The minimum atomic E-state index is -0.0999. The van der Waals surface area contributed by atoms with Crippen molar-refractivity contribution in [3.63, 3.8) is 0 Å². The number of amides is 1. The SMILES string of the molecule is O=C(NCCSCc1ccco1)c1cccc(Oc2ccccc2)c1. The topological polar surface area (TPSA) is 51.5 Å². The van der Waals surface area contributed by atoms with E-state index in [9.17, 15) is 4.79 Å². The number of hydrogen-bond donors (Lipinski definition) is 1. The molecule has 0 fully saturated rings. The number of rotatable bonds is 8. The third-order valence-electron chi connectivity index (χ3n) is 3.43. The highest BCUT2D eigenvalue weighted by molar-refractivity contribution is 7.98. The highest BCUT2D eigenvalue weighted by Gasteiger charge is 2.07. The summed E-state index contributed by atoms with van der Waals surface area (Å²) in [6.07, 6.45) is 1.67. The summed E-state index contributed by atoms with van der Waals surface area (Å²) >= 11 is 1.72. The van der Waals surface area contributed by atoms with Crippen molar-refractivity contribution in [1.29, 1.82) is 0 Å². The fourth-order valence-electron chi connectivity index (χ4n) is 2.23. The predicted octanol–water partition coefficient (Wildman–Crippen LogP) is 4.74. The van der Waals surface area contributed by atoms with Crippen molar-refractivity contribution < 1.29 is 13.9 Å². The second kappa shape index (κ2) is 8.99. The van der Waals surface area contributed by atoms with Crippen molar-refractivity contribution >= 4 is 17.7 Å². The van der Waals surface area contributed by atoms with E-state index in [1.165, 1.54) is 0 Å². The molecule has 5 heteroatoms. The van der Waals surface area contributed by atoms with E-state index in [1.807, 2.05) is 54.6 Å². The molecule has 3 rings (SSSR count). The van der Waals surface area contributed by atoms with Gasteiger partial charge in [-0.25, -0.2) is 0 Å². The average Bonchev–Trinajstić information content (AvgIpc) is 3.16. The highest BCUT2D eigenvalue weighted by atomic mass is 32.2. The van der Waals surface area contributed by atoms with Gasteiger partial charge >= 0.3 is 0 Å². The number of carbonyl (C=O) groups is 1. The van der Waals surface area contributed by atoms with Gasteiger partial charge in [-0.2, -0.15) is 11.8 Å². The van der Waals surface area contributed by atoms with Gasteiger partial charge in [0.25, 0.3) is 5.91 Å². The van der Waals surface area contributed by atoms with E-state index in [2.05, 4.69) is 5.32 Å². The number of nitrogens with one attached hydrogen (secondary N) is 1. The van der Waals surface area contributed by atoms with E-state index in [-0.39, 0.29) is 5.91 Å². The maximum atomic E-state index is 12.2. The lowest BCUT2D eigenvalue weighted by Gasteiger charge is -2.08. The van der Waals surface area contributed by atoms with E-state index in [0.717, 1.165) is 23.0 Å². The van der Waals surface area contributed by atoms with E-state index < -0.39 is 0 Å². The fraction of sp³-hybridized carbons (Fsp3) is 0.150. The second-order valence-corrected chi connectivity index (χ2v) is 6.44. The lowest BCUT2D eigenvalue weighted by atomic mass is 10.2. The van der Waals surface area contributed by atoms with Gasteiger partial charge < -0.3 is 14.5 Å². The monoisotopic (exact) mass is 353 g/mol. The van der Waals surface area contributed by atoms with Crippen LogP contribution in [0, 0.1) is 0 Å². The van der Waals surface area contributed by atoms with Gasteiger partial charge in [0.2, 0.25) is 0 Å². The van der Waals surface area contributed by atoms with Gasteiger partial charge in [-0.15, -0.1) is 0 Å². The molecular weight excluding hydrogens is 334 g/mol. The molecule has 0 saturated heterocycles. The van der Waals surface area contributed by atoms with Gasteiger partial charge in [0.15, 0.2) is 0 Å². The van der Waals surface area contributed by atoms with Gasteiger partial charge in [-0.05, 0) is 42.5 Å². The number of thioether (sulfide) groups is 1. The standard InChI is InChI=1S/C20H19NO3S/c22-20(21-11-13-25-15-19-10-5-12-23-19)16-6-4-9-18(14-16)24-17-7-2-1-3-8-17/h1-10,12,14H,11,13,15H2,(H,21,22). The Labute approximate surface area is 151 Å². The maximum absolute atomic E-state index is 12.2. The number of carbonyl (C=O) groups excluding carboxylic acids is 1. The van der Waals surface area contributed by atoms with E-state index in [1.54, 1.807) is 30.2 Å². The van der Waals surface area contributed by atoms with E-state index in [0.29, 0.717) is 17.9 Å². The number of benzene rings is 2. The Morgan fingerprint density at radius 3 is 2.64 bits per heavy atom. The van der Waals surface area contributed by atoms with Crippen LogP contribution in [0.4, 0.5) is 0 Å². The van der Waals surface area contributed by atoms with Gasteiger partial charge in [0.05, 0.1) is 12.0 Å². The molecule has 0 bridgehead atoms. The van der Waals surface area contributed by atoms with Crippen molar-refractivity contribution in [2.75, 3.05) is 12.3 Å². The molecule has 4 nitrogen and oxygen atoms in total. The van der Waals surface area contributed by atoms with Crippen LogP contribution >= 0.6 is 11.8 Å². The molecule has 1 heterocycles. The summed E-state index contributed by atoms with van der Waals surface area (Å²) in [5, 5.41) is 2.92. The summed E-state index contributed by atoms with van der Waals surface area (Å²) in [4.78, 5) is 12.2. The van der Waals surface area contributed by atoms with Crippen LogP contribution in [0.5, 0.6) is 11.5 Å². The van der Waals surface area contributed by atoms with Crippen molar-refractivity contribution in [3.8, 4) is 11.5 Å². The molecule has 25 heavy (non-hydrogen) atoms. The smallest absolute Gasteiger partial charge is 0.251 e. The Hall–Kier alpha value is -2.66. The molecule has 2 aromatic carbocycles. The molecule has 1 N–H and O–H groups in total. The number of furan rings is 1. The Bertz CT molecular complexity index is 788. The van der Waals surface area contributed by atoms with Crippen LogP contribution in [-0.4, -0.2) is 18.2 Å². The van der Waals surface area contributed by atoms with E-state index >= 15 is 0 Å². The molecule has 1 amide bonds. The largest absolute Gasteiger partial charge is 0.468 e. The molecule has 0 aliphatic heterocycles. The zero-order valence-electron chi connectivity index (χ0n) is 13.7. The summed E-state index contributed by atoms with van der Waals surface area (Å²) in [6.45, 7) is 0.605. The van der Waals surface area contributed by atoms with E-state index in [4.69, 9.17) is 9.15 Å². The van der Waals surface area contributed by atoms with Crippen molar-refractivity contribution in [2.45, 2.75) is 5.75 Å². The first kappa shape index (κ1) is 17.2. The molecule has 0 aliphatic carbocycles. The van der Waals surface area contributed by atoms with Gasteiger partial charge in [0, 0.05) is 17.9 Å². The third-order valence-corrected chi connectivity index (χ3v) is 4.41. The maximum Gasteiger partial charge on any atom is 0.251 e. The molecule has 0 unspecified atom stereocenters. The second-order valence-electron chi connectivity index (χ2n) is 5.33. The number of ether oxygens (including phenoxy) is 1. The molecule has 0 radical (unpaired) electrons. The van der Waals surface area contributed by atoms with Crippen molar-refractivity contribution in [1.82, 2.24) is 5.32 Å². The zero-order valence-corrected chi connectivity index (χ0v) is 14.5. The molecule has 3 aromatic rings. The van der Waals surface area contributed by atoms with Crippen LogP contribution in [-0.2, 0) is 5.75 Å². The molecule has 0 spiro atoms. The molecule has 0 aliphatic rings. The minimum absolute atomic E-state index is 0.0999. The first-order valence-corrected chi connectivity index (χ1v) is 9.18. The van der Waals surface area contributed by atoms with Crippen LogP contribution in [0.3, 0.4) is 0 Å². The molecular formula is C20H19NO3S. The van der Waals surface area contributed by atoms with Crippen molar-refractivity contribution in [2.24, 2.45) is 0 Å². The van der Waals surface area contributed by atoms with Crippen LogP contribution in [0.2, 0.25) is 0 Å². The molecule has 1 aromatic heterocycles. The highest BCUT2D eigenvalue weighted by Crippen LogP contribution is 2.21. The Morgan fingerprint density at radius 2 is 1.84 bits per heavy atom. The van der Waals surface area contributed by atoms with Crippen LogP contribution in [0.25, 0.3) is 0 Å². The lowest BCUT2D eigenvalue weighted by Crippen LogP contribution is -2.25. The summed E-state index contributed by atoms with van der Waals surface area (Å²) in [6, 6.07) is 20.5. The Morgan fingerprint density at radius 1 is 1.00 bits per heavy atom. The van der Waals surface area contributed by atoms with Gasteiger partial charge in [-0.1, -0.05) is 24.3 Å². The van der Waals surface area contributed by atoms with Crippen molar-refractivity contribution in [3.05, 3.63) is 84.3 Å². The Balaban J connectivity index is 1.46. The third kappa shape index (κ3) is 5.43. The number of para-hydroxylation sites is 1. The minimum Gasteiger partial charge on any atom is -0.468 e. The van der Waals surface area contributed by atoms with Gasteiger partial charge in [0.1, 0.15) is 17.3 Å². The first-order valence-electron chi connectivity index (χ1n) is 8.02. The molecule has 128 valence electrons. The normalized spacial score (nSPS) is 10.4. The summed E-state index contributed by atoms with van der Waals surface area (Å²) < 4.78 is 11.0. The average molecular weight is 353 g/mol. The Kier molecular flexibility index (Phi) is 6.17. The number of hydrogen-bond acceptors (Lipinski definition) is 4. The summed E-state index contributed by atoms with van der Waals surface area (Å²) in [7, 11) is 0.